The molecular weight excluding hydrogens is 200 g/mol. The fourth-order valence-corrected chi connectivity index (χ4v) is 1.65. The second kappa shape index (κ2) is 3.55. The number of nitrogens with two attached hydrogens (primary N) is 1. The Morgan fingerprint density at radius 2 is 2.36 bits per heavy atom. The first-order valence-electron chi connectivity index (χ1n) is 4.41. The number of rotatable bonds is 2. The number of hydrogen-bond acceptors (Lipinski definition) is 3. The maximum absolute atomic E-state index is 5.82. The predicted octanol–water partition coefficient (Wildman–Crippen LogP) is 1.35. The van der Waals surface area contributed by atoms with Crippen molar-refractivity contribution in [3.8, 4) is 0 Å². The standard InChI is InChI=1S/C9H11ClN4/c1-6-13-8-4-7(10)5-12-9(8)14(6)3-2-11/h4-5H,2-3,11H2,1H3. The third kappa shape index (κ3) is 1.47. The fraction of sp³-hybridized carbons (Fsp3) is 0.333. The smallest absolute Gasteiger partial charge is 0.160 e. The van der Waals surface area contributed by atoms with E-state index in [0.717, 1.165) is 23.5 Å². The van der Waals surface area contributed by atoms with Gasteiger partial charge in [-0.25, -0.2) is 9.97 Å². The molecule has 0 saturated heterocycles. The lowest BCUT2D eigenvalue weighted by molar-refractivity contribution is 0.698. The van der Waals surface area contributed by atoms with Crippen LogP contribution in [0.2, 0.25) is 5.02 Å². The zero-order valence-electron chi connectivity index (χ0n) is 7.87. The highest BCUT2D eigenvalue weighted by molar-refractivity contribution is 6.31. The first-order valence-corrected chi connectivity index (χ1v) is 4.78. The van der Waals surface area contributed by atoms with Crippen molar-refractivity contribution >= 4 is 22.8 Å². The molecule has 0 radical (unpaired) electrons. The minimum absolute atomic E-state index is 0.580. The molecule has 0 aliphatic heterocycles. The lowest BCUT2D eigenvalue weighted by Gasteiger charge is -2.02. The van der Waals surface area contributed by atoms with Gasteiger partial charge < -0.3 is 10.3 Å². The zero-order valence-corrected chi connectivity index (χ0v) is 8.62. The van der Waals surface area contributed by atoms with E-state index in [4.69, 9.17) is 17.3 Å². The highest BCUT2D eigenvalue weighted by atomic mass is 35.5. The second-order valence-corrected chi connectivity index (χ2v) is 3.53. The van der Waals surface area contributed by atoms with Crippen molar-refractivity contribution in [2.24, 2.45) is 5.73 Å². The van der Waals surface area contributed by atoms with Crippen LogP contribution in [0.4, 0.5) is 0 Å². The minimum Gasteiger partial charge on any atom is -0.329 e. The monoisotopic (exact) mass is 210 g/mol. The van der Waals surface area contributed by atoms with Crippen LogP contribution in [0, 0.1) is 6.92 Å². The summed E-state index contributed by atoms with van der Waals surface area (Å²) in [5, 5.41) is 0.606. The SMILES string of the molecule is Cc1nc2cc(Cl)cnc2n1CCN. The lowest BCUT2D eigenvalue weighted by atomic mass is 10.4. The van der Waals surface area contributed by atoms with Gasteiger partial charge in [-0.1, -0.05) is 11.6 Å². The third-order valence-corrected chi connectivity index (χ3v) is 2.30. The van der Waals surface area contributed by atoms with Gasteiger partial charge in [-0.3, -0.25) is 0 Å². The van der Waals surface area contributed by atoms with E-state index in [1.54, 1.807) is 6.20 Å². The lowest BCUT2D eigenvalue weighted by Crippen LogP contribution is -2.11. The van der Waals surface area contributed by atoms with E-state index in [9.17, 15) is 0 Å². The van der Waals surface area contributed by atoms with E-state index in [1.165, 1.54) is 0 Å². The van der Waals surface area contributed by atoms with Gasteiger partial charge in [0.15, 0.2) is 5.65 Å². The van der Waals surface area contributed by atoms with Gasteiger partial charge in [0.1, 0.15) is 11.3 Å². The molecule has 0 saturated carbocycles. The maximum Gasteiger partial charge on any atom is 0.160 e. The molecule has 14 heavy (non-hydrogen) atoms. The van der Waals surface area contributed by atoms with Crippen molar-refractivity contribution in [1.82, 2.24) is 14.5 Å². The Hall–Kier alpha value is -1.13. The predicted molar refractivity (Wildman–Crippen MR) is 56.3 cm³/mol. The maximum atomic E-state index is 5.82. The molecule has 0 aliphatic carbocycles. The van der Waals surface area contributed by atoms with Crippen molar-refractivity contribution in [1.29, 1.82) is 0 Å². The Labute approximate surface area is 86.7 Å². The van der Waals surface area contributed by atoms with Gasteiger partial charge >= 0.3 is 0 Å². The zero-order chi connectivity index (χ0) is 10.1. The van der Waals surface area contributed by atoms with Gasteiger partial charge in [0, 0.05) is 19.3 Å². The molecule has 2 N–H and O–H groups in total. The number of aromatic nitrogens is 3. The summed E-state index contributed by atoms with van der Waals surface area (Å²) in [6.45, 7) is 3.25. The first-order chi connectivity index (χ1) is 6.72. The number of nitrogens with zero attached hydrogens (tertiary/aromatic N) is 3. The summed E-state index contributed by atoms with van der Waals surface area (Å²) in [6, 6.07) is 1.81. The molecular formula is C9H11ClN4. The summed E-state index contributed by atoms with van der Waals surface area (Å²) < 4.78 is 1.99. The second-order valence-electron chi connectivity index (χ2n) is 3.10. The van der Waals surface area contributed by atoms with Crippen LogP contribution in [-0.4, -0.2) is 21.1 Å². The Balaban J connectivity index is 2.64. The quantitative estimate of drug-likeness (QED) is 0.814. The molecule has 0 bridgehead atoms. The molecule has 0 aromatic carbocycles. The van der Waals surface area contributed by atoms with E-state index in [-0.39, 0.29) is 0 Å². The van der Waals surface area contributed by atoms with Gasteiger partial charge in [-0.2, -0.15) is 0 Å². The largest absolute Gasteiger partial charge is 0.329 e. The number of halogens is 1. The molecule has 2 aromatic heterocycles. The Morgan fingerprint density at radius 3 is 3.07 bits per heavy atom. The number of imidazole rings is 1. The summed E-state index contributed by atoms with van der Waals surface area (Å²) >= 11 is 5.82. The minimum atomic E-state index is 0.580. The highest BCUT2D eigenvalue weighted by Crippen LogP contribution is 2.17. The molecule has 0 unspecified atom stereocenters. The third-order valence-electron chi connectivity index (χ3n) is 2.10. The number of fused-ring (bicyclic) bond motifs is 1. The fourth-order valence-electron chi connectivity index (χ4n) is 1.50. The number of aryl methyl sites for hydroxylation is 1. The van der Waals surface area contributed by atoms with Crippen LogP contribution < -0.4 is 5.73 Å². The average molecular weight is 211 g/mol. The van der Waals surface area contributed by atoms with E-state index in [2.05, 4.69) is 9.97 Å². The number of pyridine rings is 1. The summed E-state index contributed by atoms with van der Waals surface area (Å²) in [5.74, 6) is 0.917. The molecule has 5 heteroatoms. The van der Waals surface area contributed by atoms with Crippen LogP contribution >= 0.6 is 11.6 Å². The van der Waals surface area contributed by atoms with Crippen LogP contribution in [-0.2, 0) is 6.54 Å². The topological polar surface area (TPSA) is 56.7 Å². The first kappa shape index (κ1) is 9.43. The normalized spacial score (nSPS) is 11.1. The molecule has 0 aliphatic rings. The van der Waals surface area contributed by atoms with E-state index >= 15 is 0 Å². The molecule has 4 nitrogen and oxygen atoms in total. The van der Waals surface area contributed by atoms with E-state index in [1.807, 2.05) is 17.6 Å². The van der Waals surface area contributed by atoms with Crippen molar-refractivity contribution in [2.45, 2.75) is 13.5 Å². The van der Waals surface area contributed by atoms with Crippen LogP contribution in [0.1, 0.15) is 5.82 Å². The van der Waals surface area contributed by atoms with Gasteiger partial charge in [0.05, 0.1) is 5.02 Å². The highest BCUT2D eigenvalue weighted by Gasteiger charge is 2.07. The molecule has 2 rings (SSSR count). The van der Waals surface area contributed by atoms with Crippen molar-refractivity contribution < 1.29 is 0 Å². The van der Waals surface area contributed by atoms with Crippen molar-refractivity contribution in [3.63, 3.8) is 0 Å². The average Bonchev–Trinajstić information content (AvgIpc) is 2.43. The molecule has 0 atom stereocenters. The molecule has 2 aromatic rings. The summed E-state index contributed by atoms with van der Waals surface area (Å²) in [4.78, 5) is 8.59. The van der Waals surface area contributed by atoms with Crippen LogP contribution in [0.25, 0.3) is 11.2 Å². The molecule has 0 spiro atoms. The van der Waals surface area contributed by atoms with Gasteiger partial charge in [0.25, 0.3) is 0 Å². The van der Waals surface area contributed by atoms with Crippen LogP contribution in [0.15, 0.2) is 12.3 Å². The molecule has 2 heterocycles. The molecule has 0 amide bonds. The Morgan fingerprint density at radius 1 is 1.57 bits per heavy atom. The Bertz CT molecular complexity index is 463. The number of hydrogen-bond donors (Lipinski definition) is 1. The summed E-state index contributed by atoms with van der Waals surface area (Å²) in [6.07, 6.45) is 1.62. The summed E-state index contributed by atoms with van der Waals surface area (Å²) in [5.41, 5.74) is 7.17. The van der Waals surface area contributed by atoms with Crippen LogP contribution in [0.5, 0.6) is 0 Å². The van der Waals surface area contributed by atoms with Gasteiger partial charge in [-0.05, 0) is 13.0 Å². The molecule has 74 valence electrons. The summed E-state index contributed by atoms with van der Waals surface area (Å²) in [7, 11) is 0. The van der Waals surface area contributed by atoms with Crippen molar-refractivity contribution in [2.75, 3.05) is 6.54 Å². The molecule has 0 fully saturated rings. The van der Waals surface area contributed by atoms with Gasteiger partial charge in [0.2, 0.25) is 0 Å². The van der Waals surface area contributed by atoms with E-state index in [0.29, 0.717) is 11.6 Å². The van der Waals surface area contributed by atoms with Crippen molar-refractivity contribution in [3.05, 3.63) is 23.1 Å². The van der Waals surface area contributed by atoms with Crippen LogP contribution in [0.3, 0.4) is 0 Å². The van der Waals surface area contributed by atoms with E-state index < -0.39 is 0 Å². The van der Waals surface area contributed by atoms with Gasteiger partial charge in [-0.15, -0.1) is 0 Å². The Kier molecular flexibility index (Phi) is 2.39.